The molecule has 1 saturated carbocycles. The van der Waals surface area contributed by atoms with E-state index in [4.69, 9.17) is 19.7 Å². The number of aliphatic carboxylic acids is 2. The molecule has 30 heavy (non-hydrogen) atoms. The Kier molecular flexibility index (Phi) is 12.4. The van der Waals surface area contributed by atoms with E-state index in [1.807, 2.05) is 12.1 Å². The molecule has 1 aliphatic rings. The van der Waals surface area contributed by atoms with Crippen molar-refractivity contribution in [1.82, 2.24) is 5.32 Å². The van der Waals surface area contributed by atoms with Crippen LogP contribution in [0.2, 0.25) is 0 Å². The van der Waals surface area contributed by atoms with Crippen LogP contribution in [0.3, 0.4) is 0 Å². The van der Waals surface area contributed by atoms with Gasteiger partial charge >= 0.3 is 11.9 Å². The Balaban J connectivity index is 0.000000479. The largest absolute Gasteiger partial charge is 0.491 e. The lowest BCUT2D eigenvalue weighted by Gasteiger charge is -2.15. The first-order valence-corrected chi connectivity index (χ1v) is 10.1. The van der Waals surface area contributed by atoms with Crippen molar-refractivity contribution in [2.45, 2.75) is 45.3 Å². The minimum atomic E-state index is -1.26. The summed E-state index contributed by atoms with van der Waals surface area (Å²) < 4.78 is 11.2. The average molecular weight is 424 g/mol. The summed E-state index contributed by atoms with van der Waals surface area (Å²) in [4.78, 5) is 19.1. The lowest BCUT2D eigenvalue weighted by Crippen LogP contribution is -2.35. The Morgan fingerprint density at radius 3 is 2.23 bits per heavy atom. The van der Waals surface area contributed by atoms with Crippen LogP contribution in [0.1, 0.15) is 32.3 Å². The molecule has 0 radical (unpaired) electrons. The van der Waals surface area contributed by atoms with Crippen molar-refractivity contribution in [3.05, 3.63) is 42.0 Å². The van der Waals surface area contributed by atoms with Crippen molar-refractivity contribution in [2.75, 3.05) is 26.4 Å². The number of benzene rings is 1. The van der Waals surface area contributed by atoms with Gasteiger partial charge in [0.15, 0.2) is 0 Å². The second-order valence-corrected chi connectivity index (χ2v) is 7.45. The van der Waals surface area contributed by atoms with Crippen molar-refractivity contribution >= 4 is 11.9 Å². The van der Waals surface area contributed by atoms with E-state index in [9.17, 15) is 14.7 Å². The summed E-state index contributed by atoms with van der Waals surface area (Å²) in [7, 11) is 0. The van der Waals surface area contributed by atoms with Gasteiger partial charge in [-0.05, 0) is 42.9 Å². The number of carboxylic acids is 2. The number of ether oxygens (including phenoxy) is 2. The summed E-state index contributed by atoms with van der Waals surface area (Å²) >= 11 is 0. The van der Waals surface area contributed by atoms with Gasteiger partial charge in [0, 0.05) is 31.3 Å². The lowest BCUT2D eigenvalue weighted by molar-refractivity contribution is -0.134. The van der Waals surface area contributed by atoms with Crippen LogP contribution < -0.4 is 10.1 Å². The van der Waals surface area contributed by atoms with Crippen LogP contribution in [0.4, 0.5) is 0 Å². The molecule has 0 bridgehead atoms. The molecule has 168 valence electrons. The minimum Gasteiger partial charge on any atom is -0.491 e. The van der Waals surface area contributed by atoms with E-state index in [1.54, 1.807) is 0 Å². The third kappa shape index (κ3) is 14.6. The molecule has 1 aromatic rings. The van der Waals surface area contributed by atoms with Gasteiger partial charge in [-0.15, -0.1) is 0 Å². The summed E-state index contributed by atoms with van der Waals surface area (Å²) in [6.45, 7) is 6.68. The van der Waals surface area contributed by atoms with Crippen molar-refractivity contribution in [3.63, 3.8) is 0 Å². The number of carboxylic acid groups (broad SMARTS) is 2. The molecule has 1 aromatic carbocycles. The highest BCUT2D eigenvalue weighted by molar-refractivity contribution is 5.89. The van der Waals surface area contributed by atoms with Gasteiger partial charge in [0.05, 0.1) is 6.61 Å². The number of carbonyl (C=O) groups is 2. The molecule has 2 rings (SSSR count). The van der Waals surface area contributed by atoms with Gasteiger partial charge in [-0.25, -0.2) is 9.59 Å². The molecule has 4 N–H and O–H groups in total. The normalized spacial score (nSPS) is 14.3. The van der Waals surface area contributed by atoms with E-state index in [0.717, 1.165) is 31.3 Å². The molecule has 0 amide bonds. The Morgan fingerprint density at radius 2 is 1.73 bits per heavy atom. The first kappa shape index (κ1) is 25.6. The molecule has 0 aliphatic heterocycles. The number of aliphatic hydroxyl groups is 1. The first-order chi connectivity index (χ1) is 14.3. The van der Waals surface area contributed by atoms with Crippen molar-refractivity contribution in [3.8, 4) is 5.75 Å². The monoisotopic (exact) mass is 423 g/mol. The zero-order chi connectivity index (χ0) is 22.4. The van der Waals surface area contributed by atoms with Crippen molar-refractivity contribution in [1.29, 1.82) is 0 Å². The second kappa shape index (κ2) is 14.5. The average Bonchev–Trinajstić information content (AvgIpc) is 3.52. The van der Waals surface area contributed by atoms with Gasteiger partial charge in [-0.1, -0.05) is 26.0 Å². The predicted octanol–water partition coefficient (Wildman–Crippen LogP) is 2.11. The summed E-state index contributed by atoms with van der Waals surface area (Å²) in [6.07, 6.45) is 4.24. The van der Waals surface area contributed by atoms with E-state index in [2.05, 4.69) is 31.3 Å². The molecule has 0 heterocycles. The van der Waals surface area contributed by atoms with Crippen LogP contribution in [-0.4, -0.2) is 65.8 Å². The van der Waals surface area contributed by atoms with Crippen LogP contribution in [0.15, 0.2) is 36.4 Å². The molecule has 1 atom stereocenters. The quantitative estimate of drug-likeness (QED) is 0.281. The Hall–Kier alpha value is -2.42. The van der Waals surface area contributed by atoms with E-state index < -0.39 is 18.0 Å². The number of hydrogen-bond donors (Lipinski definition) is 4. The fourth-order valence-corrected chi connectivity index (χ4v) is 2.24. The standard InChI is InChI=1S/C18H29NO3.C4H4O4/c1-14(2)19-11-17(20)13-22-18-7-5-15(6-8-18)9-10-21-12-16-3-4-16;5-3(6)1-2-4(7)8/h5-8,14,16-17,19-20H,3-4,9-13H2,1-2H3;1-2H,(H,5,6)(H,7,8)/b;2-1+/t17-;/m1./s1. The highest BCUT2D eigenvalue weighted by Crippen LogP contribution is 2.28. The van der Waals surface area contributed by atoms with Crippen LogP contribution in [-0.2, 0) is 20.7 Å². The molecule has 0 spiro atoms. The van der Waals surface area contributed by atoms with E-state index in [0.29, 0.717) is 31.3 Å². The lowest BCUT2D eigenvalue weighted by atomic mass is 10.1. The number of nitrogens with one attached hydrogen (secondary N) is 1. The van der Waals surface area contributed by atoms with Crippen LogP contribution in [0.25, 0.3) is 0 Å². The van der Waals surface area contributed by atoms with Crippen LogP contribution in [0.5, 0.6) is 5.75 Å². The Bertz CT molecular complexity index is 638. The molecular weight excluding hydrogens is 390 g/mol. The highest BCUT2D eigenvalue weighted by atomic mass is 16.5. The Morgan fingerprint density at radius 1 is 1.13 bits per heavy atom. The molecule has 0 unspecified atom stereocenters. The smallest absolute Gasteiger partial charge is 0.328 e. The molecule has 1 aliphatic carbocycles. The van der Waals surface area contributed by atoms with Crippen molar-refractivity contribution in [2.24, 2.45) is 5.92 Å². The number of rotatable bonds is 13. The van der Waals surface area contributed by atoms with Gasteiger partial charge in [-0.2, -0.15) is 0 Å². The van der Waals surface area contributed by atoms with Crippen molar-refractivity contribution < 1.29 is 34.4 Å². The van der Waals surface area contributed by atoms with Gasteiger partial charge < -0.3 is 30.1 Å². The summed E-state index contributed by atoms with van der Waals surface area (Å²) in [6, 6.07) is 8.41. The fraction of sp³-hybridized carbons (Fsp3) is 0.545. The fourth-order valence-electron chi connectivity index (χ4n) is 2.24. The highest BCUT2D eigenvalue weighted by Gasteiger charge is 2.20. The van der Waals surface area contributed by atoms with Crippen LogP contribution >= 0.6 is 0 Å². The second-order valence-electron chi connectivity index (χ2n) is 7.45. The molecule has 8 nitrogen and oxygen atoms in total. The SMILES string of the molecule is CC(C)NC[C@@H](O)COc1ccc(CCOCC2CC2)cc1.O=C(O)/C=C/C(=O)O. The van der Waals surface area contributed by atoms with E-state index in [-0.39, 0.29) is 0 Å². The predicted molar refractivity (Wildman–Crippen MR) is 113 cm³/mol. The minimum absolute atomic E-state index is 0.309. The zero-order valence-corrected chi connectivity index (χ0v) is 17.6. The maximum absolute atomic E-state index is 9.80. The third-order valence-corrected chi connectivity index (χ3v) is 4.08. The molecule has 8 heteroatoms. The molecule has 0 aromatic heterocycles. The van der Waals surface area contributed by atoms with Gasteiger partial charge in [0.25, 0.3) is 0 Å². The summed E-state index contributed by atoms with van der Waals surface area (Å²) in [5, 5.41) is 28.6. The molecular formula is C22H33NO7. The maximum Gasteiger partial charge on any atom is 0.328 e. The first-order valence-electron chi connectivity index (χ1n) is 10.1. The summed E-state index contributed by atoms with van der Waals surface area (Å²) in [5.41, 5.74) is 1.25. The Labute approximate surface area is 177 Å². The molecule has 0 saturated heterocycles. The zero-order valence-electron chi connectivity index (χ0n) is 17.6. The molecule has 1 fully saturated rings. The summed E-state index contributed by atoms with van der Waals surface area (Å²) in [5.74, 6) is -0.890. The van der Waals surface area contributed by atoms with Gasteiger partial charge in [0.1, 0.15) is 18.5 Å². The van der Waals surface area contributed by atoms with Gasteiger partial charge in [-0.3, -0.25) is 0 Å². The maximum atomic E-state index is 9.80. The topological polar surface area (TPSA) is 125 Å². The van der Waals surface area contributed by atoms with E-state index in [1.165, 1.54) is 18.4 Å². The third-order valence-electron chi connectivity index (χ3n) is 4.08. The van der Waals surface area contributed by atoms with Crippen LogP contribution in [0, 0.1) is 5.92 Å². The van der Waals surface area contributed by atoms with E-state index >= 15 is 0 Å². The number of aliphatic hydroxyl groups excluding tert-OH is 1. The van der Waals surface area contributed by atoms with Gasteiger partial charge in [0.2, 0.25) is 0 Å². The number of hydrogen-bond acceptors (Lipinski definition) is 6.